The van der Waals surface area contributed by atoms with Gasteiger partial charge in [-0.1, -0.05) is 19.1 Å². The molecule has 8 heteroatoms. The molecule has 4 rings (SSSR count). The number of anilines is 1. The molecule has 2 fully saturated rings. The van der Waals surface area contributed by atoms with E-state index in [1.165, 1.54) is 24.3 Å². The van der Waals surface area contributed by atoms with Gasteiger partial charge in [0.05, 0.1) is 22.5 Å². The average Bonchev–Trinajstić information content (AvgIpc) is 3.32. The highest BCUT2D eigenvalue weighted by Gasteiger charge is 2.59. The van der Waals surface area contributed by atoms with Gasteiger partial charge in [-0.2, -0.15) is 0 Å². The van der Waals surface area contributed by atoms with Crippen molar-refractivity contribution in [2.45, 2.75) is 18.2 Å². The predicted molar refractivity (Wildman–Crippen MR) is 97.2 cm³/mol. The van der Waals surface area contributed by atoms with Crippen molar-refractivity contribution in [3.05, 3.63) is 36.4 Å². The van der Waals surface area contributed by atoms with Crippen molar-refractivity contribution >= 4 is 33.2 Å². The van der Waals surface area contributed by atoms with E-state index in [0.29, 0.717) is 5.69 Å². The Morgan fingerprint density at radius 1 is 1.07 bits per heavy atom. The van der Waals surface area contributed by atoms with Crippen LogP contribution in [-0.2, 0) is 24.2 Å². The highest BCUT2D eigenvalue weighted by atomic mass is 32.2. The zero-order valence-electron chi connectivity index (χ0n) is 14.8. The Hall–Kier alpha value is -2.48. The molecular weight excluding hydrogens is 368 g/mol. The molecule has 1 N–H and O–H groups in total. The molecule has 1 saturated carbocycles. The maximum atomic E-state index is 12.6. The van der Waals surface area contributed by atoms with Crippen LogP contribution in [0.1, 0.15) is 13.3 Å². The number of sulfone groups is 1. The van der Waals surface area contributed by atoms with Gasteiger partial charge in [-0.05, 0) is 42.5 Å². The zero-order valence-corrected chi connectivity index (χ0v) is 15.6. The molecule has 2 aliphatic carbocycles. The third-order valence-corrected chi connectivity index (χ3v) is 7.49. The van der Waals surface area contributed by atoms with E-state index in [1.807, 2.05) is 12.2 Å². The largest absolute Gasteiger partial charge is 0.325 e. The first kappa shape index (κ1) is 17.9. The molecule has 0 radical (unpaired) electrons. The highest BCUT2D eigenvalue weighted by molar-refractivity contribution is 7.91. The van der Waals surface area contributed by atoms with Crippen LogP contribution in [0.15, 0.2) is 41.3 Å². The van der Waals surface area contributed by atoms with Crippen LogP contribution in [0.2, 0.25) is 0 Å². The molecule has 7 nitrogen and oxygen atoms in total. The number of hydrogen-bond acceptors (Lipinski definition) is 5. The Kier molecular flexibility index (Phi) is 4.18. The molecule has 3 amide bonds. The van der Waals surface area contributed by atoms with Crippen LogP contribution < -0.4 is 5.32 Å². The van der Waals surface area contributed by atoms with Gasteiger partial charge in [-0.15, -0.1) is 0 Å². The molecular formula is C19H20N2O5S. The Labute approximate surface area is 157 Å². The number of benzene rings is 1. The maximum Gasteiger partial charge on any atom is 0.244 e. The van der Waals surface area contributed by atoms with Crippen molar-refractivity contribution in [2.75, 3.05) is 17.6 Å². The van der Waals surface area contributed by atoms with Crippen LogP contribution in [0.25, 0.3) is 0 Å². The number of fused-ring (bicyclic) bond motifs is 5. The van der Waals surface area contributed by atoms with E-state index in [1.54, 1.807) is 6.92 Å². The molecule has 27 heavy (non-hydrogen) atoms. The van der Waals surface area contributed by atoms with Gasteiger partial charge in [-0.25, -0.2) is 8.42 Å². The molecule has 2 bridgehead atoms. The number of allylic oxidation sites excluding steroid dienone is 2. The summed E-state index contributed by atoms with van der Waals surface area (Å²) in [5, 5.41) is 2.61. The highest BCUT2D eigenvalue weighted by Crippen LogP contribution is 2.52. The number of carbonyl (C=O) groups excluding carboxylic acids is 3. The van der Waals surface area contributed by atoms with Gasteiger partial charge in [0, 0.05) is 5.69 Å². The summed E-state index contributed by atoms with van der Waals surface area (Å²) in [6.45, 7) is 1.24. The quantitative estimate of drug-likeness (QED) is 0.604. The number of rotatable bonds is 5. The number of nitrogens with one attached hydrogen (secondary N) is 1. The topological polar surface area (TPSA) is 101 Å². The lowest BCUT2D eigenvalue weighted by Gasteiger charge is -2.16. The lowest BCUT2D eigenvalue weighted by Crippen LogP contribution is -2.39. The molecule has 4 atom stereocenters. The molecule has 142 valence electrons. The predicted octanol–water partition coefficient (Wildman–Crippen LogP) is 1.23. The Bertz CT molecular complexity index is 921. The summed E-state index contributed by atoms with van der Waals surface area (Å²) in [7, 11) is -3.31. The number of imide groups is 1. The fourth-order valence-electron chi connectivity index (χ4n) is 4.38. The van der Waals surface area contributed by atoms with Gasteiger partial charge in [0.25, 0.3) is 0 Å². The first-order valence-electron chi connectivity index (χ1n) is 8.98. The normalized spacial score (nSPS) is 28.7. The van der Waals surface area contributed by atoms with E-state index in [4.69, 9.17) is 0 Å². The van der Waals surface area contributed by atoms with E-state index in [-0.39, 0.29) is 52.7 Å². The summed E-state index contributed by atoms with van der Waals surface area (Å²) in [6.07, 6.45) is 4.86. The van der Waals surface area contributed by atoms with Gasteiger partial charge in [0.1, 0.15) is 6.54 Å². The van der Waals surface area contributed by atoms with Crippen molar-refractivity contribution in [3.63, 3.8) is 0 Å². The fourth-order valence-corrected chi connectivity index (χ4v) is 5.26. The Morgan fingerprint density at radius 3 is 2.15 bits per heavy atom. The first-order chi connectivity index (χ1) is 12.8. The number of hydrogen-bond donors (Lipinski definition) is 1. The summed E-state index contributed by atoms with van der Waals surface area (Å²) in [6, 6.07) is 5.84. The lowest BCUT2D eigenvalue weighted by atomic mass is 9.85. The van der Waals surface area contributed by atoms with Crippen molar-refractivity contribution in [2.24, 2.45) is 23.7 Å². The molecule has 0 unspecified atom stereocenters. The van der Waals surface area contributed by atoms with Gasteiger partial charge < -0.3 is 5.32 Å². The summed E-state index contributed by atoms with van der Waals surface area (Å²) < 4.78 is 23.6. The van der Waals surface area contributed by atoms with Crippen molar-refractivity contribution in [1.29, 1.82) is 0 Å². The molecule has 0 spiro atoms. The Balaban J connectivity index is 1.42. The molecule has 1 aliphatic heterocycles. The number of nitrogens with zero attached hydrogens (tertiary/aromatic N) is 1. The van der Waals surface area contributed by atoms with Crippen molar-refractivity contribution in [1.82, 2.24) is 4.90 Å². The molecule has 1 saturated heterocycles. The average molecular weight is 388 g/mol. The summed E-state index contributed by atoms with van der Waals surface area (Å²) in [5.74, 6) is -1.43. The minimum Gasteiger partial charge on any atom is -0.325 e. The van der Waals surface area contributed by atoms with Crippen LogP contribution >= 0.6 is 0 Å². The van der Waals surface area contributed by atoms with Crippen LogP contribution in [0.4, 0.5) is 5.69 Å². The molecule has 1 aromatic rings. The fraction of sp³-hybridized carbons (Fsp3) is 0.421. The third kappa shape index (κ3) is 2.88. The standard InChI is InChI=1S/C19H20N2O5S/c1-2-27(25,26)14-7-5-13(6-8-14)20-15(22)10-21-18(23)16-11-3-4-12(9-11)17(16)19(21)24/h3-8,11-12,16-17H,2,9-10H2,1H3,(H,20,22)/t11-,12-,16-,17-/m0/s1. The van der Waals surface area contributed by atoms with Gasteiger partial charge in [0.2, 0.25) is 17.7 Å². The molecule has 0 aromatic heterocycles. The number of amides is 3. The smallest absolute Gasteiger partial charge is 0.244 e. The number of carbonyl (C=O) groups is 3. The van der Waals surface area contributed by atoms with E-state index in [0.717, 1.165) is 11.3 Å². The van der Waals surface area contributed by atoms with E-state index in [2.05, 4.69) is 5.32 Å². The van der Waals surface area contributed by atoms with Crippen molar-refractivity contribution < 1.29 is 22.8 Å². The SMILES string of the molecule is CCS(=O)(=O)c1ccc(NC(=O)CN2C(=O)[C@@H]3[C@@H](C2=O)[C@H]2C=C[C@H]3C2)cc1. The van der Waals surface area contributed by atoms with Gasteiger partial charge in [-0.3, -0.25) is 19.3 Å². The minimum absolute atomic E-state index is 0.00291. The van der Waals surface area contributed by atoms with Crippen LogP contribution in [0.5, 0.6) is 0 Å². The zero-order chi connectivity index (χ0) is 19.3. The summed E-state index contributed by atoms with van der Waals surface area (Å²) in [5.41, 5.74) is 0.413. The first-order valence-corrected chi connectivity index (χ1v) is 10.6. The van der Waals surface area contributed by atoms with E-state index in [9.17, 15) is 22.8 Å². The van der Waals surface area contributed by atoms with Crippen LogP contribution in [-0.4, -0.2) is 43.3 Å². The summed E-state index contributed by atoms with van der Waals surface area (Å²) >= 11 is 0. The van der Waals surface area contributed by atoms with Gasteiger partial charge >= 0.3 is 0 Å². The lowest BCUT2D eigenvalue weighted by molar-refractivity contribution is -0.143. The maximum absolute atomic E-state index is 12.6. The van der Waals surface area contributed by atoms with Gasteiger partial charge in [0.15, 0.2) is 9.84 Å². The number of likely N-dealkylation sites (tertiary alicyclic amines) is 1. The second-order valence-corrected chi connectivity index (χ2v) is 9.52. The summed E-state index contributed by atoms with van der Waals surface area (Å²) in [4.78, 5) is 38.7. The molecule has 1 aromatic carbocycles. The second kappa shape index (κ2) is 6.30. The van der Waals surface area contributed by atoms with Crippen LogP contribution in [0, 0.1) is 23.7 Å². The van der Waals surface area contributed by atoms with Crippen molar-refractivity contribution in [3.8, 4) is 0 Å². The minimum atomic E-state index is -3.31. The van der Waals surface area contributed by atoms with E-state index < -0.39 is 15.7 Å². The monoisotopic (exact) mass is 388 g/mol. The molecule has 1 heterocycles. The third-order valence-electron chi connectivity index (χ3n) is 5.74. The molecule has 3 aliphatic rings. The van der Waals surface area contributed by atoms with Crippen LogP contribution in [0.3, 0.4) is 0 Å². The van der Waals surface area contributed by atoms with E-state index >= 15 is 0 Å². The second-order valence-electron chi connectivity index (χ2n) is 7.24. The Morgan fingerprint density at radius 2 is 1.63 bits per heavy atom.